The molecule has 0 bridgehead atoms. The predicted octanol–water partition coefficient (Wildman–Crippen LogP) is 2.17. The van der Waals surface area contributed by atoms with Crippen molar-refractivity contribution in [3.05, 3.63) is 35.4 Å². The second-order valence-corrected chi connectivity index (χ2v) is 2.42. The quantitative estimate of drug-likeness (QED) is 0.637. The van der Waals surface area contributed by atoms with E-state index in [4.69, 9.17) is 11.0 Å². The van der Waals surface area contributed by atoms with Crippen molar-refractivity contribution in [2.45, 2.75) is 6.92 Å². The van der Waals surface area contributed by atoms with Crippen LogP contribution in [-0.4, -0.2) is 0 Å². The molecule has 0 unspecified atom stereocenters. The maximum atomic E-state index is 8.66. The standard InChI is InChI=1S/C10H10N2/c1-2-4-8-5-3-6-9(7-11)10(8)12/h2-6H,12H2,1H3/b4-2+. The Kier molecular flexibility index (Phi) is 2.49. The lowest BCUT2D eigenvalue weighted by Gasteiger charge is -2.00. The number of nitriles is 1. The smallest absolute Gasteiger partial charge is 0.101 e. The lowest BCUT2D eigenvalue weighted by Crippen LogP contribution is -1.92. The van der Waals surface area contributed by atoms with E-state index in [0.29, 0.717) is 11.3 Å². The van der Waals surface area contributed by atoms with Crippen LogP contribution in [0.25, 0.3) is 6.08 Å². The van der Waals surface area contributed by atoms with E-state index >= 15 is 0 Å². The van der Waals surface area contributed by atoms with E-state index in [1.807, 2.05) is 37.3 Å². The van der Waals surface area contributed by atoms with Gasteiger partial charge in [0.05, 0.1) is 11.3 Å². The molecule has 12 heavy (non-hydrogen) atoms. The van der Waals surface area contributed by atoms with E-state index in [1.54, 1.807) is 6.07 Å². The fraction of sp³-hybridized carbons (Fsp3) is 0.100. The number of nitrogen functional groups attached to an aromatic ring is 1. The zero-order valence-electron chi connectivity index (χ0n) is 6.91. The lowest BCUT2D eigenvalue weighted by atomic mass is 10.1. The van der Waals surface area contributed by atoms with Crippen LogP contribution in [0.2, 0.25) is 0 Å². The predicted molar refractivity (Wildman–Crippen MR) is 50.3 cm³/mol. The molecule has 0 heterocycles. The molecule has 0 atom stereocenters. The molecule has 0 aliphatic rings. The highest BCUT2D eigenvalue weighted by atomic mass is 14.6. The number of allylic oxidation sites excluding steroid dienone is 1. The van der Waals surface area contributed by atoms with Crippen LogP contribution in [0.15, 0.2) is 24.3 Å². The van der Waals surface area contributed by atoms with Crippen LogP contribution in [0.5, 0.6) is 0 Å². The Balaban J connectivity index is 3.25. The molecule has 2 N–H and O–H groups in total. The first-order chi connectivity index (χ1) is 5.79. The molecule has 2 nitrogen and oxygen atoms in total. The second kappa shape index (κ2) is 3.59. The van der Waals surface area contributed by atoms with E-state index in [-0.39, 0.29) is 0 Å². The largest absolute Gasteiger partial charge is 0.397 e. The summed E-state index contributed by atoms with van der Waals surface area (Å²) in [6, 6.07) is 7.45. The molecular formula is C10H10N2. The summed E-state index contributed by atoms with van der Waals surface area (Å²) in [6.07, 6.45) is 3.78. The molecule has 0 saturated carbocycles. The van der Waals surface area contributed by atoms with Gasteiger partial charge in [-0.1, -0.05) is 24.3 Å². The second-order valence-electron chi connectivity index (χ2n) is 2.42. The molecule has 0 aliphatic carbocycles. The molecule has 0 aliphatic heterocycles. The third-order valence-corrected chi connectivity index (χ3v) is 1.61. The molecule has 1 aromatic rings. The SMILES string of the molecule is C/C=C/c1cccc(C#N)c1N. The van der Waals surface area contributed by atoms with Gasteiger partial charge in [-0.15, -0.1) is 0 Å². The van der Waals surface area contributed by atoms with Crippen LogP contribution in [-0.2, 0) is 0 Å². The van der Waals surface area contributed by atoms with Crippen molar-refractivity contribution in [2.24, 2.45) is 0 Å². The van der Waals surface area contributed by atoms with Crippen LogP contribution >= 0.6 is 0 Å². The van der Waals surface area contributed by atoms with Gasteiger partial charge in [0, 0.05) is 0 Å². The first-order valence-corrected chi connectivity index (χ1v) is 3.71. The molecule has 2 heteroatoms. The van der Waals surface area contributed by atoms with Crippen molar-refractivity contribution in [1.82, 2.24) is 0 Å². The minimum Gasteiger partial charge on any atom is -0.397 e. The summed E-state index contributed by atoms with van der Waals surface area (Å²) in [4.78, 5) is 0. The van der Waals surface area contributed by atoms with Gasteiger partial charge < -0.3 is 5.73 Å². The van der Waals surface area contributed by atoms with Crippen molar-refractivity contribution in [3.8, 4) is 6.07 Å². The molecule has 0 saturated heterocycles. The summed E-state index contributed by atoms with van der Waals surface area (Å²) in [5.74, 6) is 0. The van der Waals surface area contributed by atoms with E-state index in [9.17, 15) is 0 Å². The van der Waals surface area contributed by atoms with Gasteiger partial charge in [-0.05, 0) is 18.6 Å². The molecule has 0 fully saturated rings. The third-order valence-electron chi connectivity index (χ3n) is 1.61. The van der Waals surface area contributed by atoms with Gasteiger partial charge in [-0.2, -0.15) is 5.26 Å². The topological polar surface area (TPSA) is 49.8 Å². The molecule has 0 amide bonds. The maximum absolute atomic E-state index is 8.66. The van der Waals surface area contributed by atoms with E-state index in [0.717, 1.165) is 5.56 Å². The molecular weight excluding hydrogens is 148 g/mol. The average molecular weight is 158 g/mol. The number of anilines is 1. The van der Waals surface area contributed by atoms with Crippen molar-refractivity contribution < 1.29 is 0 Å². The summed E-state index contributed by atoms with van der Waals surface area (Å²) in [5.41, 5.74) is 7.69. The number of nitrogens with zero attached hydrogens (tertiary/aromatic N) is 1. The van der Waals surface area contributed by atoms with Gasteiger partial charge in [0.15, 0.2) is 0 Å². The van der Waals surface area contributed by atoms with Gasteiger partial charge in [-0.3, -0.25) is 0 Å². The highest BCUT2D eigenvalue weighted by Crippen LogP contribution is 2.17. The summed E-state index contributed by atoms with van der Waals surface area (Å²) >= 11 is 0. The van der Waals surface area contributed by atoms with Gasteiger partial charge >= 0.3 is 0 Å². The monoisotopic (exact) mass is 158 g/mol. The van der Waals surface area contributed by atoms with Crippen molar-refractivity contribution in [3.63, 3.8) is 0 Å². The Hall–Kier alpha value is -1.75. The van der Waals surface area contributed by atoms with Crippen LogP contribution in [0.3, 0.4) is 0 Å². The zero-order chi connectivity index (χ0) is 8.97. The first kappa shape index (κ1) is 8.35. The minimum absolute atomic E-state index is 0.533. The molecule has 0 radical (unpaired) electrons. The van der Waals surface area contributed by atoms with Crippen molar-refractivity contribution in [1.29, 1.82) is 5.26 Å². The van der Waals surface area contributed by atoms with Crippen LogP contribution < -0.4 is 5.73 Å². The number of rotatable bonds is 1. The lowest BCUT2D eigenvalue weighted by molar-refractivity contribution is 1.48. The average Bonchev–Trinajstić information content (AvgIpc) is 2.09. The fourth-order valence-electron chi connectivity index (χ4n) is 1.01. The molecule has 0 aromatic heterocycles. The van der Waals surface area contributed by atoms with Gasteiger partial charge in [0.2, 0.25) is 0 Å². The summed E-state index contributed by atoms with van der Waals surface area (Å²) in [7, 11) is 0. The van der Waals surface area contributed by atoms with E-state index in [2.05, 4.69) is 0 Å². The van der Waals surface area contributed by atoms with Crippen LogP contribution in [0, 0.1) is 11.3 Å². The Labute approximate surface area is 71.9 Å². The molecule has 60 valence electrons. The maximum Gasteiger partial charge on any atom is 0.101 e. The Morgan fingerprint density at radius 2 is 2.25 bits per heavy atom. The van der Waals surface area contributed by atoms with Crippen LogP contribution in [0.4, 0.5) is 5.69 Å². The zero-order valence-corrected chi connectivity index (χ0v) is 6.91. The summed E-state index contributed by atoms with van der Waals surface area (Å²) in [6.45, 7) is 1.92. The number of hydrogen-bond acceptors (Lipinski definition) is 2. The molecule has 0 spiro atoms. The Bertz CT molecular complexity index is 345. The summed E-state index contributed by atoms with van der Waals surface area (Å²) < 4.78 is 0. The number of para-hydroxylation sites is 1. The third kappa shape index (κ3) is 1.46. The number of hydrogen-bond donors (Lipinski definition) is 1. The molecule has 1 rings (SSSR count). The minimum atomic E-state index is 0.533. The Morgan fingerprint density at radius 1 is 1.50 bits per heavy atom. The molecule has 1 aromatic carbocycles. The fourth-order valence-corrected chi connectivity index (χ4v) is 1.01. The number of benzene rings is 1. The normalized spacial score (nSPS) is 10.0. The van der Waals surface area contributed by atoms with E-state index in [1.165, 1.54) is 0 Å². The summed E-state index contributed by atoms with van der Waals surface area (Å²) in [5, 5.41) is 8.66. The van der Waals surface area contributed by atoms with Gasteiger partial charge in [0.25, 0.3) is 0 Å². The van der Waals surface area contributed by atoms with E-state index < -0.39 is 0 Å². The van der Waals surface area contributed by atoms with Crippen molar-refractivity contribution >= 4 is 11.8 Å². The van der Waals surface area contributed by atoms with Gasteiger partial charge in [-0.25, -0.2) is 0 Å². The van der Waals surface area contributed by atoms with Crippen LogP contribution in [0.1, 0.15) is 18.1 Å². The highest BCUT2D eigenvalue weighted by molar-refractivity contribution is 5.70. The first-order valence-electron chi connectivity index (χ1n) is 3.71. The number of nitrogens with two attached hydrogens (primary N) is 1. The van der Waals surface area contributed by atoms with Gasteiger partial charge in [0.1, 0.15) is 6.07 Å². The Morgan fingerprint density at radius 3 is 2.83 bits per heavy atom. The van der Waals surface area contributed by atoms with Crippen molar-refractivity contribution in [2.75, 3.05) is 5.73 Å². The highest BCUT2D eigenvalue weighted by Gasteiger charge is 1.99.